The number of nitrogens with zero attached hydrogens (tertiary/aromatic N) is 3. The van der Waals surface area contributed by atoms with E-state index in [1.807, 2.05) is 12.1 Å². The Labute approximate surface area is 169 Å². The summed E-state index contributed by atoms with van der Waals surface area (Å²) in [6, 6.07) is 4.17. The van der Waals surface area contributed by atoms with Gasteiger partial charge in [-0.2, -0.15) is 0 Å². The summed E-state index contributed by atoms with van der Waals surface area (Å²) in [5.74, 6) is 3.80. The molecule has 1 aliphatic carbocycles. The maximum Gasteiger partial charge on any atom is 0.194 e. The van der Waals surface area contributed by atoms with Crippen molar-refractivity contribution in [2.45, 2.75) is 38.6 Å². The molecule has 1 saturated carbocycles. The van der Waals surface area contributed by atoms with E-state index in [0.29, 0.717) is 6.54 Å². The predicted octanol–water partition coefficient (Wildman–Crippen LogP) is 3.59. The Morgan fingerprint density at radius 1 is 1.32 bits per heavy atom. The standard InChI is InChI=1S/C19H32N4O.HI/c1-4-20-19(23-13-15-8-5-6-9-16(15)14-23)21-12-17(22(2)3)18-10-7-11-24-18;/h7,10-11,15-17H,4-6,8-9,12-14H2,1-3H3,(H,20,21);1H. The molecule has 1 saturated heterocycles. The number of likely N-dealkylation sites (N-methyl/N-ethyl adjacent to an activating group) is 1. The minimum absolute atomic E-state index is 0. The van der Waals surface area contributed by atoms with Crippen LogP contribution >= 0.6 is 24.0 Å². The fourth-order valence-electron chi connectivity index (χ4n) is 4.17. The zero-order valence-corrected chi connectivity index (χ0v) is 18.1. The van der Waals surface area contributed by atoms with Gasteiger partial charge in [-0.25, -0.2) is 0 Å². The lowest BCUT2D eigenvalue weighted by molar-refractivity contribution is 0.264. The van der Waals surface area contributed by atoms with Gasteiger partial charge < -0.3 is 14.6 Å². The van der Waals surface area contributed by atoms with Crippen LogP contribution in [0.5, 0.6) is 0 Å². The number of fused-ring (bicyclic) bond motifs is 1. The average Bonchev–Trinajstić information content (AvgIpc) is 3.23. The van der Waals surface area contributed by atoms with Crippen LogP contribution in [0.15, 0.2) is 27.8 Å². The minimum Gasteiger partial charge on any atom is -0.468 e. The maximum atomic E-state index is 5.61. The number of hydrogen-bond acceptors (Lipinski definition) is 3. The second-order valence-electron chi connectivity index (χ2n) is 7.40. The van der Waals surface area contributed by atoms with E-state index in [4.69, 9.17) is 9.41 Å². The Hall–Kier alpha value is -0.760. The number of hydrogen-bond donors (Lipinski definition) is 1. The van der Waals surface area contributed by atoms with Crippen molar-refractivity contribution in [3.8, 4) is 0 Å². The maximum absolute atomic E-state index is 5.61. The SMILES string of the molecule is CCNC(=NCC(c1ccco1)N(C)C)N1CC2CCCCC2C1.I. The minimum atomic E-state index is 0. The lowest BCUT2D eigenvalue weighted by Crippen LogP contribution is -2.41. The highest BCUT2D eigenvalue weighted by Gasteiger charge is 2.35. The van der Waals surface area contributed by atoms with Gasteiger partial charge in [0.1, 0.15) is 5.76 Å². The van der Waals surface area contributed by atoms with Crippen LogP contribution in [0.1, 0.15) is 44.4 Å². The van der Waals surface area contributed by atoms with Gasteiger partial charge in [-0.15, -0.1) is 24.0 Å². The summed E-state index contributed by atoms with van der Waals surface area (Å²) in [7, 11) is 4.17. The van der Waals surface area contributed by atoms with Gasteiger partial charge in [0.2, 0.25) is 0 Å². The van der Waals surface area contributed by atoms with Crippen molar-refractivity contribution in [3.63, 3.8) is 0 Å². The van der Waals surface area contributed by atoms with Crippen molar-refractivity contribution < 1.29 is 4.42 Å². The summed E-state index contributed by atoms with van der Waals surface area (Å²) in [5, 5.41) is 3.50. The van der Waals surface area contributed by atoms with E-state index < -0.39 is 0 Å². The zero-order chi connectivity index (χ0) is 16.9. The highest BCUT2D eigenvalue weighted by Crippen LogP contribution is 2.36. The first-order valence-corrected chi connectivity index (χ1v) is 9.42. The molecule has 1 aromatic heterocycles. The number of guanidine groups is 1. The Morgan fingerprint density at radius 2 is 2.00 bits per heavy atom. The third kappa shape index (κ3) is 5.12. The van der Waals surface area contributed by atoms with Crippen LogP contribution < -0.4 is 5.32 Å². The third-order valence-electron chi connectivity index (χ3n) is 5.52. The number of furan rings is 1. The number of halogens is 1. The summed E-state index contributed by atoms with van der Waals surface area (Å²) >= 11 is 0. The lowest BCUT2D eigenvalue weighted by atomic mass is 9.82. The van der Waals surface area contributed by atoms with E-state index in [-0.39, 0.29) is 30.0 Å². The molecule has 6 heteroatoms. The fourth-order valence-corrected chi connectivity index (χ4v) is 4.17. The van der Waals surface area contributed by atoms with E-state index in [9.17, 15) is 0 Å². The molecule has 5 nitrogen and oxygen atoms in total. The second-order valence-corrected chi connectivity index (χ2v) is 7.40. The first-order chi connectivity index (χ1) is 11.7. The number of nitrogens with one attached hydrogen (secondary N) is 1. The molecular formula is C19H33IN4O. The average molecular weight is 460 g/mol. The van der Waals surface area contributed by atoms with Crippen molar-refractivity contribution in [3.05, 3.63) is 24.2 Å². The van der Waals surface area contributed by atoms with Crippen molar-refractivity contribution in [2.75, 3.05) is 40.3 Å². The summed E-state index contributed by atoms with van der Waals surface area (Å²) in [5.41, 5.74) is 0. The van der Waals surface area contributed by atoms with Gasteiger partial charge in [0.25, 0.3) is 0 Å². The van der Waals surface area contributed by atoms with Gasteiger partial charge in [0, 0.05) is 19.6 Å². The number of aliphatic imine (C=N–C) groups is 1. The predicted molar refractivity (Wildman–Crippen MR) is 114 cm³/mol. The van der Waals surface area contributed by atoms with Gasteiger partial charge in [-0.1, -0.05) is 12.8 Å². The fraction of sp³-hybridized carbons (Fsp3) is 0.737. The molecule has 2 aliphatic rings. The summed E-state index contributed by atoms with van der Waals surface area (Å²) in [6.07, 6.45) is 7.35. The molecule has 0 amide bonds. The van der Waals surface area contributed by atoms with Gasteiger partial charge in [0.15, 0.2) is 5.96 Å². The van der Waals surface area contributed by atoms with Gasteiger partial charge >= 0.3 is 0 Å². The van der Waals surface area contributed by atoms with Crippen LogP contribution in [0.2, 0.25) is 0 Å². The summed E-state index contributed by atoms with van der Waals surface area (Å²) in [6.45, 7) is 6.12. The third-order valence-corrected chi connectivity index (χ3v) is 5.52. The van der Waals surface area contributed by atoms with Crippen LogP contribution in [0.4, 0.5) is 0 Å². The van der Waals surface area contributed by atoms with Crippen molar-refractivity contribution >= 4 is 29.9 Å². The van der Waals surface area contributed by atoms with Crippen LogP contribution in [-0.2, 0) is 0 Å². The van der Waals surface area contributed by atoms with Crippen molar-refractivity contribution in [1.82, 2.24) is 15.1 Å². The number of rotatable bonds is 5. The zero-order valence-electron chi connectivity index (χ0n) is 15.8. The molecule has 1 aromatic rings. The van der Waals surface area contributed by atoms with Crippen LogP contribution in [0.3, 0.4) is 0 Å². The molecule has 3 atom stereocenters. The van der Waals surface area contributed by atoms with Gasteiger partial charge in [-0.05, 0) is 57.8 Å². The van der Waals surface area contributed by atoms with Gasteiger partial charge in [0.05, 0.1) is 18.8 Å². The molecule has 25 heavy (non-hydrogen) atoms. The molecular weight excluding hydrogens is 427 g/mol. The van der Waals surface area contributed by atoms with Crippen molar-refractivity contribution in [2.24, 2.45) is 16.8 Å². The molecule has 3 unspecified atom stereocenters. The van der Waals surface area contributed by atoms with E-state index >= 15 is 0 Å². The Bertz CT molecular complexity index is 518. The largest absolute Gasteiger partial charge is 0.468 e. The molecule has 1 N–H and O–H groups in total. The molecule has 3 rings (SSSR count). The molecule has 142 valence electrons. The molecule has 0 aromatic carbocycles. The van der Waals surface area contributed by atoms with E-state index in [1.165, 1.54) is 38.8 Å². The Balaban J connectivity index is 0.00000225. The highest BCUT2D eigenvalue weighted by molar-refractivity contribution is 14.0. The first-order valence-electron chi connectivity index (χ1n) is 9.42. The second kappa shape index (κ2) is 9.80. The smallest absolute Gasteiger partial charge is 0.194 e. The quantitative estimate of drug-likeness (QED) is 0.415. The summed E-state index contributed by atoms with van der Waals surface area (Å²) in [4.78, 5) is 9.62. The molecule has 2 fully saturated rings. The number of likely N-dealkylation sites (tertiary alicyclic amines) is 1. The Kier molecular flexibility index (Phi) is 8.06. The highest BCUT2D eigenvalue weighted by atomic mass is 127. The van der Waals surface area contributed by atoms with Crippen LogP contribution in [-0.4, -0.2) is 56.0 Å². The molecule has 1 aliphatic heterocycles. The topological polar surface area (TPSA) is 44.0 Å². The lowest BCUT2D eigenvalue weighted by Gasteiger charge is -2.24. The molecule has 0 radical (unpaired) electrons. The monoisotopic (exact) mass is 460 g/mol. The molecule has 0 spiro atoms. The Morgan fingerprint density at radius 3 is 2.52 bits per heavy atom. The van der Waals surface area contributed by atoms with Gasteiger partial charge in [-0.3, -0.25) is 9.89 Å². The van der Waals surface area contributed by atoms with E-state index in [2.05, 4.69) is 36.1 Å². The van der Waals surface area contributed by atoms with Crippen molar-refractivity contribution in [1.29, 1.82) is 0 Å². The normalized spacial score (nSPS) is 24.8. The first kappa shape index (κ1) is 20.6. The van der Waals surface area contributed by atoms with Crippen LogP contribution in [0, 0.1) is 11.8 Å². The van der Waals surface area contributed by atoms with E-state index in [0.717, 1.165) is 30.1 Å². The van der Waals surface area contributed by atoms with Crippen LogP contribution in [0.25, 0.3) is 0 Å². The van der Waals surface area contributed by atoms with E-state index in [1.54, 1.807) is 6.26 Å². The summed E-state index contributed by atoms with van der Waals surface area (Å²) < 4.78 is 5.61. The molecule has 2 heterocycles. The molecule has 0 bridgehead atoms.